The minimum Gasteiger partial charge on any atom is -0.494 e. The van der Waals surface area contributed by atoms with Gasteiger partial charge in [0.2, 0.25) is 0 Å². The number of imidazole rings is 1. The fourth-order valence-corrected chi connectivity index (χ4v) is 2.70. The zero-order valence-electron chi connectivity index (χ0n) is 13.1. The lowest BCUT2D eigenvalue weighted by atomic mass is 10.2. The lowest BCUT2D eigenvalue weighted by molar-refractivity contribution is 0.100. The Morgan fingerprint density at radius 2 is 2.12 bits per heavy atom. The van der Waals surface area contributed by atoms with E-state index in [9.17, 15) is 4.79 Å². The van der Waals surface area contributed by atoms with E-state index in [2.05, 4.69) is 15.4 Å². The van der Waals surface area contributed by atoms with E-state index in [0.717, 1.165) is 27.7 Å². The summed E-state index contributed by atoms with van der Waals surface area (Å²) in [6.45, 7) is 2.54. The molecule has 0 unspecified atom stereocenters. The van der Waals surface area contributed by atoms with Crippen LogP contribution in [-0.2, 0) is 0 Å². The number of carbonyl (C=O) groups excluding carboxylic acids is 1. The van der Waals surface area contributed by atoms with Crippen LogP contribution in [0.5, 0.6) is 5.75 Å². The number of aromatic amines is 1. The Balaban J connectivity index is 1.63. The SMILES string of the molecule is CCOc1ccc2cc(C(=O)Nn3cnc4ccccc43)[nH]c2c1. The number of nitrogens with one attached hydrogen (secondary N) is 2. The molecule has 2 N–H and O–H groups in total. The fourth-order valence-electron chi connectivity index (χ4n) is 2.70. The molecular weight excluding hydrogens is 304 g/mol. The Labute approximate surface area is 138 Å². The maximum atomic E-state index is 12.5. The van der Waals surface area contributed by atoms with E-state index in [1.165, 1.54) is 0 Å². The average molecular weight is 320 g/mol. The van der Waals surface area contributed by atoms with Crippen LogP contribution in [-0.4, -0.2) is 27.2 Å². The lowest BCUT2D eigenvalue weighted by Crippen LogP contribution is -2.22. The van der Waals surface area contributed by atoms with E-state index in [-0.39, 0.29) is 5.91 Å². The minimum atomic E-state index is -0.229. The minimum absolute atomic E-state index is 0.229. The standard InChI is InChI=1S/C18H16N4O2/c1-2-24-13-8-7-12-9-16(20-15(12)10-13)18(23)21-22-11-19-14-5-3-4-6-17(14)22/h3-11,20H,2H2,1H3,(H,21,23). The van der Waals surface area contributed by atoms with E-state index in [0.29, 0.717) is 12.3 Å². The van der Waals surface area contributed by atoms with Crippen LogP contribution in [0.25, 0.3) is 21.9 Å². The first-order valence-electron chi connectivity index (χ1n) is 7.73. The van der Waals surface area contributed by atoms with Crippen molar-refractivity contribution < 1.29 is 9.53 Å². The summed E-state index contributed by atoms with van der Waals surface area (Å²) in [5.74, 6) is 0.548. The van der Waals surface area contributed by atoms with Crippen molar-refractivity contribution in [1.29, 1.82) is 0 Å². The molecule has 0 saturated carbocycles. The summed E-state index contributed by atoms with van der Waals surface area (Å²) in [4.78, 5) is 19.9. The summed E-state index contributed by atoms with van der Waals surface area (Å²) in [6.07, 6.45) is 1.60. The molecule has 0 aliphatic rings. The van der Waals surface area contributed by atoms with Crippen molar-refractivity contribution in [3.05, 3.63) is 60.6 Å². The van der Waals surface area contributed by atoms with Crippen LogP contribution in [0.1, 0.15) is 17.4 Å². The number of aromatic nitrogens is 3. The molecule has 2 aromatic heterocycles. The average Bonchev–Trinajstić information content (AvgIpc) is 3.19. The highest BCUT2D eigenvalue weighted by molar-refractivity contribution is 6.03. The van der Waals surface area contributed by atoms with E-state index in [4.69, 9.17) is 4.74 Å². The number of H-pyrrole nitrogens is 1. The monoisotopic (exact) mass is 320 g/mol. The van der Waals surface area contributed by atoms with E-state index in [1.54, 1.807) is 11.0 Å². The summed E-state index contributed by atoms with van der Waals surface area (Å²) >= 11 is 0. The topological polar surface area (TPSA) is 71.9 Å². The van der Waals surface area contributed by atoms with Crippen molar-refractivity contribution in [1.82, 2.24) is 14.6 Å². The van der Waals surface area contributed by atoms with Gasteiger partial charge < -0.3 is 9.72 Å². The zero-order chi connectivity index (χ0) is 16.5. The molecule has 6 nitrogen and oxygen atoms in total. The highest BCUT2D eigenvalue weighted by Crippen LogP contribution is 2.21. The quantitative estimate of drug-likeness (QED) is 0.606. The first-order valence-corrected chi connectivity index (χ1v) is 7.73. The van der Waals surface area contributed by atoms with Crippen molar-refractivity contribution in [2.45, 2.75) is 6.92 Å². The second-order valence-electron chi connectivity index (χ2n) is 5.41. The van der Waals surface area contributed by atoms with Crippen molar-refractivity contribution >= 4 is 27.8 Å². The van der Waals surface area contributed by atoms with E-state index >= 15 is 0 Å². The Kier molecular flexibility index (Phi) is 3.42. The smallest absolute Gasteiger partial charge is 0.286 e. The summed E-state index contributed by atoms with van der Waals surface area (Å²) < 4.78 is 7.10. The number of carbonyl (C=O) groups is 1. The van der Waals surface area contributed by atoms with Gasteiger partial charge in [-0.25, -0.2) is 9.66 Å². The number of amides is 1. The molecule has 24 heavy (non-hydrogen) atoms. The highest BCUT2D eigenvalue weighted by atomic mass is 16.5. The molecular formula is C18H16N4O2. The number of rotatable bonds is 4. The Bertz CT molecular complexity index is 1030. The molecule has 4 rings (SSSR count). The molecule has 0 aliphatic heterocycles. The predicted molar refractivity (Wildman–Crippen MR) is 92.9 cm³/mol. The van der Waals surface area contributed by atoms with Crippen molar-refractivity contribution in [3.8, 4) is 5.75 Å². The van der Waals surface area contributed by atoms with Gasteiger partial charge in [-0.2, -0.15) is 0 Å². The van der Waals surface area contributed by atoms with Crippen molar-refractivity contribution in [2.24, 2.45) is 0 Å². The van der Waals surface area contributed by atoms with Crippen LogP contribution >= 0.6 is 0 Å². The van der Waals surface area contributed by atoms with Crippen LogP contribution in [0.2, 0.25) is 0 Å². The Morgan fingerprint density at radius 3 is 3.00 bits per heavy atom. The normalized spacial score (nSPS) is 11.0. The van der Waals surface area contributed by atoms with Gasteiger partial charge in [-0.1, -0.05) is 12.1 Å². The summed E-state index contributed by atoms with van der Waals surface area (Å²) in [7, 11) is 0. The maximum Gasteiger partial charge on any atom is 0.286 e. The number of nitrogens with zero attached hydrogens (tertiary/aromatic N) is 2. The second kappa shape index (κ2) is 5.73. The van der Waals surface area contributed by atoms with Crippen molar-refractivity contribution in [2.75, 3.05) is 12.0 Å². The molecule has 0 bridgehead atoms. The third-order valence-corrected chi connectivity index (χ3v) is 3.83. The van der Waals surface area contributed by atoms with Crippen LogP contribution in [0, 0.1) is 0 Å². The molecule has 0 spiro atoms. The van der Waals surface area contributed by atoms with Gasteiger partial charge in [0.25, 0.3) is 5.91 Å². The first kappa shape index (κ1) is 14.3. The van der Waals surface area contributed by atoms with Crippen LogP contribution in [0.4, 0.5) is 0 Å². The predicted octanol–water partition coefficient (Wildman–Crippen LogP) is 3.30. The third kappa shape index (κ3) is 2.48. The molecule has 0 aliphatic carbocycles. The van der Waals surface area contributed by atoms with Gasteiger partial charge >= 0.3 is 0 Å². The van der Waals surface area contributed by atoms with Gasteiger partial charge in [-0.15, -0.1) is 0 Å². The molecule has 120 valence electrons. The maximum absolute atomic E-state index is 12.5. The number of fused-ring (bicyclic) bond motifs is 2. The first-order chi connectivity index (χ1) is 11.7. The Hall–Kier alpha value is -3.28. The van der Waals surface area contributed by atoms with E-state index in [1.807, 2.05) is 55.5 Å². The second-order valence-corrected chi connectivity index (χ2v) is 5.41. The molecule has 4 aromatic rings. The van der Waals surface area contributed by atoms with Gasteiger partial charge in [0.05, 0.1) is 17.6 Å². The summed E-state index contributed by atoms with van der Waals surface area (Å²) in [5, 5.41) is 0.957. The number of hydrogen-bond donors (Lipinski definition) is 2. The molecule has 0 radical (unpaired) electrons. The van der Waals surface area contributed by atoms with Gasteiger partial charge in [0.15, 0.2) is 0 Å². The Morgan fingerprint density at radius 1 is 1.25 bits per heavy atom. The van der Waals surface area contributed by atoms with Crippen LogP contribution in [0.15, 0.2) is 54.9 Å². The van der Waals surface area contributed by atoms with Gasteiger partial charge in [-0.3, -0.25) is 10.2 Å². The van der Waals surface area contributed by atoms with Gasteiger partial charge in [-0.05, 0) is 37.3 Å². The summed E-state index contributed by atoms with van der Waals surface area (Å²) in [5.41, 5.74) is 5.86. The lowest BCUT2D eigenvalue weighted by Gasteiger charge is -2.05. The molecule has 1 amide bonds. The molecule has 6 heteroatoms. The van der Waals surface area contributed by atoms with Crippen molar-refractivity contribution in [3.63, 3.8) is 0 Å². The highest BCUT2D eigenvalue weighted by Gasteiger charge is 2.12. The number of hydrogen-bond acceptors (Lipinski definition) is 3. The largest absolute Gasteiger partial charge is 0.494 e. The van der Waals surface area contributed by atoms with Gasteiger partial charge in [0, 0.05) is 17.0 Å². The number of para-hydroxylation sites is 2. The number of benzene rings is 2. The molecule has 0 saturated heterocycles. The third-order valence-electron chi connectivity index (χ3n) is 3.83. The van der Waals surface area contributed by atoms with Crippen LogP contribution in [0.3, 0.4) is 0 Å². The summed E-state index contributed by atoms with van der Waals surface area (Å²) in [6, 6.07) is 15.2. The molecule has 0 atom stereocenters. The van der Waals surface area contributed by atoms with Gasteiger partial charge in [0.1, 0.15) is 17.8 Å². The fraction of sp³-hybridized carbons (Fsp3) is 0.111. The van der Waals surface area contributed by atoms with E-state index < -0.39 is 0 Å². The zero-order valence-corrected chi connectivity index (χ0v) is 13.1. The molecule has 0 fully saturated rings. The van der Waals surface area contributed by atoms with Crippen LogP contribution < -0.4 is 10.2 Å². The number of ether oxygens (including phenoxy) is 1. The molecule has 2 heterocycles. The molecule has 2 aromatic carbocycles.